The van der Waals surface area contributed by atoms with Crippen molar-refractivity contribution in [1.29, 1.82) is 0 Å². The lowest BCUT2D eigenvalue weighted by Crippen LogP contribution is -2.43. The summed E-state index contributed by atoms with van der Waals surface area (Å²) >= 11 is 0. The van der Waals surface area contributed by atoms with Crippen molar-refractivity contribution in [3.05, 3.63) is 42.4 Å². The van der Waals surface area contributed by atoms with Gasteiger partial charge in [0.1, 0.15) is 0 Å². The SMILES string of the molecule is O=C(c1ccc(-c2cnco2)cc1)N1CCCO[C@H]2CCC[C@H]21. The molecule has 0 unspecified atom stereocenters. The van der Waals surface area contributed by atoms with Crippen LogP contribution in [-0.4, -0.2) is 41.1 Å². The van der Waals surface area contributed by atoms with Crippen molar-refractivity contribution in [3.63, 3.8) is 0 Å². The highest BCUT2D eigenvalue weighted by atomic mass is 16.5. The number of amides is 1. The molecule has 1 aliphatic carbocycles. The van der Waals surface area contributed by atoms with Gasteiger partial charge in [-0.1, -0.05) is 12.1 Å². The Bertz CT molecular complexity index is 666. The minimum Gasteiger partial charge on any atom is -0.444 e. The predicted molar refractivity (Wildman–Crippen MR) is 85.0 cm³/mol. The van der Waals surface area contributed by atoms with E-state index in [1.807, 2.05) is 29.2 Å². The zero-order chi connectivity index (χ0) is 15.6. The lowest BCUT2D eigenvalue weighted by Gasteiger charge is -2.30. The fourth-order valence-corrected chi connectivity index (χ4v) is 3.65. The molecule has 1 amide bonds. The molecule has 1 aliphatic heterocycles. The molecule has 2 heterocycles. The average Bonchev–Trinajstić information content (AvgIpc) is 3.24. The van der Waals surface area contributed by atoms with Gasteiger partial charge in [0.2, 0.25) is 0 Å². The Hall–Kier alpha value is -2.14. The molecule has 120 valence electrons. The Morgan fingerprint density at radius 3 is 2.83 bits per heavy atom. The van der Waals surface area contributed by atoms with Crippen LogP contribution in [0.4, 0.5) is 0 Å². The number of rotatable bonds is 2. The monoisotopic (exact) mass is 312 g/mol. The molecular formula is C18H20N2O3. The first-order valence-corrected chi connectivity index (χ1v) is 8.24. The van der Waals surface area contributed by atoms with Crippen LogP contribution in [0.3, 0.4) is 0 Å². The Morgan fingerprint density at radius 2 is 2.04 bits per heavy atom. The maximum Gasteiger partial charge on any atom is 0.254 e. The molecule has 5 heteroatoms. The topological polar surface area (TPSA) is 55.6 Å². The Kier molecular flexibility index (Phi) is 3.87. The van der Waals surface area contributed by atoms with E-state index in [1.54, 1.807) is 6.20 Å². The van der Waals surface area contributed by atoms with Gasteiger partial charge in [-0.25, -0.2) is 4.98 Å². The van der Waals surface area contributed by atoms with E-state index in [-0.39, 0.29) is 18.1 Å². The summed E-state index contributed by atoms with van der Waals surface area (Å²) in [6.45, 7) is 1.54. The molecule has 23 heavy (non-hydrogen) atoms. The van der Waals surface area contributed by atoms with Crippen molar-refractivity contribution in [3.8, 4) is 11.3 Å². The molecular weight excluding hydrogens is 292 g/mol. The number of hydrogen-bond donors (Lipinski definition) is 0. The van der Waals surface area contributed by atoms with Crippen LogP contribution in [0.15, 0.2) is 41.3 Å². The van der Waals surface area contributed by atoms with E-state index in [1.165, 1.54) is 6.39 Å². The lowest BCUT2D eigenvalue weighted by atomic mass is 10.1. The van der Waals surface area contributed by atoms with Crippen LogP contribution in [0.5, 0.6) is 0 Å². The molecule has 2 aliphatic rings. The molecule has 2 atom stereocenters. The van der Waals surface area contributed by atoms with Gasteiger partial charge in [0.25, 0.3) is 5.91 Å². The van der Waals surface area contributed by atoms with E-state index in [0.29, 0.717) is 5.76 Å². The maximum atomic E-state index is 12.9. The van der Waals surface area contributed by atoms with Crippen LogP contribution in [0.2, 0.25) is 0 Å². The van der Waals surface area contributed by atoms with Crippen LogP contribution in [0.1, 0.15) is 36.0 Å². The smallest absolute Gasteiger partial charge is 0.254 e. The number of benzene rings is 1. The first-order valence-electron chi connectivity index (χ1n) is 8.24. The van der Waals surface area contributed by atoms with Crippen molar-refractivity contribution < 1.29 is 13.9 Å². The molecule has 2 fully saturated rings. The third-order valence-corrected chi connectivity index (χ3v) is 4.80. The van der Waals surface area contributed by atoms with Crippen molar-refractivity contribution in [2.75, 3.05) is 13.2 Å². The lowest BCUT2D eigenvalue weighted by molar-refractivity contribution is 0.0297. The highest BCUT2D eigenvalue weighted by molar-refractivity contribution is 5.95. The summed E-state index contributed by atoms with van der Waals surface area (Å²) in [5, 5.41) is 0. The van der Waals surface area contributed by atoms with Gasteiger partial charge in [0.15, 0.2) is 12.2 Å². The van der Waals surface area contributed by atoms with Gasteiger partial charge in [0.05, 0.1) is 18.3 Å². The molecule has 1 aromatic heterocycles. The van der Waals surface area contributed by atoms with Crippen LogP contribution in [0.25, 0.3) is 11.3 Å². The number of carbonyl (C=O) groups excluding carboxylic acids is 1. The first kappa shape index (κ1) is 14.5. The molecule has 4 rings (SSSR count). The second kappa shape index (κ2) is 6.16. The molecule has 0 bridgehead atoms. The van der Waals surface area contributed by atoms with Crippen molar-refractivity contribution in [2.24, 2.45) is 0 Å². The van der Waals surface area contributed by atoms with Crippen molar-refractivity contribution in [2.45, 2.75) is 37.8 Å². The molecule has 1 saturated heterocycles. The normalized spacial score (nSPS) is 24.3. The van der Waals surface area contributed by atoms with Gasteiger partial charge >= 0.3 is 0 Å². The van der Waals surface area contributed by atoms with Crippen molar-refractivity contribution in [1.82, 2.24) is 9.88 Å². The molecule has 5 nitrogen and oxygen atoms in total. The summed E-state index contributed by atoms with van der Waals surface area (Å²) in [5.74, 6) is 0.819. The summed E-state index contributed by atoms with van der Waals surface area (Å²) in [4.78, 5) is 18.9. The summed E-state index contributed by atoms with van der Waals surface area (Å²) in [6, 6.07) is 7.80. The standard InChI is InChI=1S/C18H20N2O3/c21-18(20-9-2-10-22-16-4-1-3-15(16)20)14-7-5-13(6-8-14)17-11-19-12-23-17/h5-8,11-12,15-16H,1-4,9-10H2/t15-,16+/m1/s1. The largest absolute Gasteiger partial charge is 0.444 e. The predicted octanol–water partition coefficient (Wildman–Crippen LogP) is 3.13. The van der Waals surface area contributed by atoms with Crippen molar-refractivity contribution >= 4 is 5.91 Å². The fourth-order valence-electron chi connectivity index (χ4n) is 3.65. The first-order chi connectivity index (χ1) is 11.3. The van der Waals surface area contributed by atoms with E-state index in [4.69, 9.17) is 9.15 Å². The summed E-state index contributed by atoms with van der Waals surface area (Å²) in [5.41, 5.74) is 1.65. The quantitative estimate of drug-likeness (QED) is 0.855. The summed E-state index contributed by atoms with van der Waals surface area (Å²) in [7, 11) is 0. The number of oxazole rings is 1. The van der Waals surface area contributed by atoms with E-state index >= 15 is 0 Å². The number of hydrogen-bond acceptors (Lipinski definition) is 4. The maximum absolute atomic E-state index is 12.9. The average molecular weight is 312 g/mol. The molecule has 2 aromatic rings. The minimum atomic E-state index is 0.108. The van der Waals surface area contributed by atoms with Gasteiger partial charge < -0.3 is 14.1 Å². The van der Waals surface area contributed by atoms with Gasteiger partial charge in [0, 0.05) is 24.3 Å². The zero-order valence-corrected chi connectivity index (χ0v) is 13.0. The summed E-state index contributed by atoms with van der Waals surface area (Å²) in [6.07, 6.45) is 7.47. The van der Waals surface area contributed by atoms with E-state index < -0.39 is 0 Å². The van der Waals surface area contributed by atoms with Crippen LogP contribution in [0, 0.1) is 0 Å². The second-order valence-corrected chi connectivity index (χ2v) is 6.20. The van der Waals surface area contributed by atoms with Crippen LogP contribution < -0.4 is 0 Å². The van der Waals surface area contributed by atoms with Gasteiger partial charge in [-0.05, 0) is 37.8 Å². The Labute approximate surface area is 135 Å². The third kappa shape index (κ3) is 2.77. The number of aromatic nitrogens is 1. The summed E-state index contributed by atoms with van der Waals surface area (Å²) < 4.78 is 11.2. The van der Waals surface area contributed by atoms with Gasteiger partial charge in [-0.15, -0.1) is 0 Å². The van der Waals surface area contributed by atoms with E-state index in [2.05, 4.69) is 4.98 Å². The number of carbonyl (C=O) groups is 1. The number of ether oxygens (including phenoxy) is 1. The highest BCUT2D eigenvalue weighted by Crippen LogP contribution is 2.30. The van der Waals surface area contributed by atoms with Crippen LogP contribution >= 0.6 is 0 Å². The van der Waals surface area contributed by atoms with Crippen LogP contribution in [-0.2, 0) is 4.74 Å². The minimum absolute atomic E-state index is 0.108. The second-order valence-electron chi connectivity index (χ2n) is 6.20. The molecule has 0 radical (unpaired) electrons. The number of fused-ring (bicyclic) bond motifs is 1. The third-order valence-electron chi connectivity index (χ3n) is 4.80. The molecule has 1 saturated carbocycles. The Balaban J connectivity index is 1.56. The fraction of sp³-hybridized carbons (Fsp3) is 0.444. The highest BCUT2D eigenvalue weighted by Gasteiger charge is 2.37. The van der Waals surface area contributed by atoms with Gasteiger partial charge in [-0.2, -0.15) is 0 Å². The van der Waals surface area contributed by atoms with E-state index in [9.17, 15) is 4.79 Å². The van der Waals surface area contributed by atoms with E-state index in [0.717, 1.165) is 50.0 Å². The molecule has 1 aromatic carbocycles. The zero-order valence-electron chi connectivity index (χ0n) is 13.0. The molecule has 0 spiro atoms. The number of nitrogens with zero attached hydrogens (tertiary/aromatic N) is 2. The van der Waals surface area contributed by atoms with Gasteiger partial charge in [-0.3, -0.25) is 4.79 Å². The molecule has 0 N–H and O–H groups in total. The Morgan fingerprint density at radius 1 is 1.17 bits per heavy atom.